The van der Waals surface area contributed by atoms with E-state index in [4.69, 9.17) is 22.5 Å². The van der Waals surface area contributed by atoms with Crippen molar-refractivity contribution >= 4 is 11.4 Å². The minimum Gasteiger partial charge on any atom is -0.313 e. The number of hydrogen-bond acceptors (Lipinski definition) is 4. The first-order valence-electron chi connectivity index (χ1n) is 9.34. The fourth-order valence-electron chi connectivity index (χ4n) is 3.28. The van der Waals surface area contributed by atoms with Crippen LogP contribution < -0.4 is 11.5 Å². The van der Waals surface area contributed by atoms with E-state index in [0.29, 0.717) is 17.8 Å². The Morgan fingerprint density at radius 1 is 0.893 bits per heavy atom. The molecule has 0 radical (unpaired) electrons. The summed E-state index contributed by atoms with van der Waals surface area (Å²) in [6, 6.07) is 14.8. The number of azide groups is 2. The topological polar surface area (TPSA) is 150 Å². The van der Waals surface area contributed by atoms with Gasteiger partial charge in [-0.3, -0.25) is 0 Å². The molecule has 0 saturated heterocycles. The van der Waals surface area contributed by atoms with Crippen LogP contribution >= 0.6 is 0 Å². The lowest BCUT2D eigenvalue weighted by molar-refractivity contribution is 0.252. The van der Waals surface area contributed by atoms with Gasteiger partial charge in [0.15, 0.2) is 0 Å². The largest absolute Gasteiger partial charge is 0.313 e. The molecule has 8 nitrogen and oxygen atoms in total. The number of nitrogens with two attached hydrogens (primary N) is 2. The van der Waals surface area contributed by atoms with Crippen molar-refractivity contribution in [3.05, 3.63) is 80.5 Å². The Bertz CT molecular complexity index is 845. The Hall–Kier alpha value is -3.02. The summed E-state index contributed by atoms with van der Waals surface area (Å²) in [7, 11) is 0. The average Bonchev–Trinajstić information content (AvgIpc) is 2.68. The van der Waals surface area contributed by atoms with E-state index in [0.717, 1.165) is 36.8 Å². The van der Waals surface area contributed by atoms with Crippen molar-refractivity contribution in [2.75, 3.05) is 0 Å². The minimum atomic E-state index is -0.876. The molecule has 2 aromatic carbocycles. The van der Waals surface area contributed by atoms with Crippen LogP contribution in [0.2, 0.25) is 0 Å². The molecular formula is C20H26N8. The molecule has 1 unspecified atom stereocenters. The van der Waals surface area contributed by atoms with E-state index in [2.05, 4.69) is 27.0 Å². The van der Waals surface area contributed by atoms with Gasteiger partial charge in [-0.25, -0.2) is 0 Å². The normalized spacial score (nSPS) is 12.0. The molecule has 4 N–H and O–H groups in total. The average molecular weight is 378 g/mol. The van der Waals surface area contributed by atoms with E-state index in [-0.39, 0.29) is 5.92 Å². The summed E-state index contributed by atoms with van der Waals surface area (Å²) in [5, 5.41) is 7.19. The molecule has 0 heterocycles. The van der Waals surface area contributed by atoms with Gasteiger partial charge in [0.2, 0.25) is 0 Å². The summed E-state index contributed by atoms with van der Waals surface area (Å²) in [4.78, 5) is 5.59. The van der Waals surface area contributed by atoms with E-state index in [1.54, 1.807) is 24.3 Å². The highest BCUT2D eigenvalue weighted by Gasteiger charge is 2.30. The highest BCUT2D eigenvalue weighted by molar-refractivity contribution is 5.40. The SMILES string of the molecule is CCCCC(Cc1ccc(N=[N+]=[N-])cc1)C(N)(N)Cc1ccc(N=[N+]=[N-])cc1. The fourth-order valence-corrected chi connectivity index (χ4v) is 3.28. The van der Waals surface area contributed by atoms with Crippen molar-refractivity contribution in [2.24, 2.45) is 27.6 Å². The number of nitrogens with zero attached hydrogens (tertiary/aromatic N) is 6. The van der Waals surface area contributed by atoms with Gasteiger partial charge in [-0.1, -0.05) is 78.5 Å². The van der Waals surface area contributed by atoms with Crippen LogP contribution in [0, 0.1) is 5.92 Å². The van der Waals surface area contributed by atoms with Crippen LogP contribution in [0.1, 0.15) is 37.3 Å². The zero-order chi connectivity index (χ0) is 20.4. The number of benzene rings is 2. The van der Waals surface area contributed by atoms with Gasteiger partial charge >= 0.3 is 0 Å². The number of hydrogen-bond donors (Lipinski definition) is 2. The Labute approximate surface area is 164 Å². The third-order valence-electron chi connectivity index (χ3n) is 4.85. The molecule has 0 aromatic heterocycles. The number of unbranched alkanes of at least 4 members (excludes halogenated alkanes) is 1. The molecule has 1 atom stereocenters. The quantitative estimate of drug-likeness (QED) is 0.233. The summed E-state index contributed by atoms with van der Waals surface area (Å²) < 4.78 is 0. The first kappa shape index (κ1) is 21.3. The lowest BCUT2D eigenvalue weighted by Crippen LogP contribution is -2.58. The van der Waals surface area contributed by atoms with Crippen LogP contribution in [0.3, 0.4) is 0 Å². The van der Waals surface area contributed by atoms with Crippen LogP contribution in [-0.4, -0.2) is 5.66 Å². The Morgan fingerprint density at radius 2 is 1.39 bits per heavy atom. The van der Waals surface area contributed by atoms with Crippen LogP contribution in [0.5, 0.6) is 0 Å². The summed E-state index contributed by atoms with van der Waals surface area (Å²) in [6.45, 7) is 2.15. The van der Waals surface area contributed by atoms with E-state index >= 15 is 0 Å². The zero-order valence-electron chi connectivity index (χ0n) is 16.1. The molecular weight excluding hydrogens is 352 g/mol. The second-order valence-electron chi connectivity index (χ2n) is 7.04. The minimum absolute atomic E-state index is 0.0922. The van der Waals surface area contributed by atoms with Gasteiger partial charge in [-0.05, 0) is 40.9 Å². The molecule has 146 valence electrons. The zero-order valence-corrected chi connectivity index (χ0v) is 16.1. The summed E-state index contributed by atoms with van der Waals surface area (Å²) >= 11 is 0. The molecule has 0 saturated carbocycles. The molecule has 0 fully saturated rings. The van der Waals surface area contributed by atoms with Crippen molar-refractivity contribution in [1.29, 1.82) is 0 Å². The second-order valence-corrected chi connectivity index (χ2v) is 7.04. The third kappa shape index (κ3) is 6.30. The van der Waals surface area contributed by atoms with Gasteiger partial charge in [0, 0.05) is 27.6 Å². The molecule has 2 rings (SSSR count). The first-order chi connectivity index (χ1) is 13.5. The van der Waals surface area contributed by atoms with Gasteiger partial charge in [0.25, 0.3) is 0 Å². The molecule has 0 aliphatic rings. The maximum atomic E-state index is 8.53. The Morgan fingerprint density at radius 3 is 1.86 bits per heavy atom. The van der Waals surface area contributed by atoms with Gasteiger partial charge in [-0.15, -0.1) is 0 Å². The van der Waals surface area contributed by atoms with Crippen molar-refractivity contribution in [3.63, 3.8) is 0 Å². The maximum Gasteiger partial charge on any atom is 0.0710 e. The summed E-state index contributed by atoms with van der Waals surface area (Å²) in [5.74, 6) is 0.0922. The maximum absolute atomic E-state index is 8.53. The van der Waals surface area contributed by atoms with Crippen LogP contribution in [0.25, 0.3) is 20.9 Å². The predicted molar refractivity (Wildman–Crippen MR) is 112 cm³/mol. The lowest BCUT2D eigenvalue weighted by Gasteiger charge is -2.35. The molecule has 8 heteroatoms. The predicted octanol–water partition coefficient (Wildman–Crippen LogP) is 5.78. The van der Waals surface area contributed by atoms with Gasteiger partial charge < -0.3 is 11.5 Å². The number of rotatable bonds is 10. The highest BCUT2D eigenvalue weighted by Crippen LogP contribution is 2.27. The Kier molecular flexibility index (Phi) is 7.87. The van der Waals surface area contributed by atoms with Gasteiger partial charge in [-0.2, -0.15) is 0 Å². The van der Waals surface area contributed by atoms with E-state index in [1.807, 2.05) is 24.3 Å². The van der Waals surface area contributed by atoms with Gasteiger partial charge in [0.05, 0.1) is 5.66 Å². The highest BCUT2D eigenvalue weighted by atomic mass is 15.1. The monoisotopic (exact) mass is 378 g/mol. The van der Waals surface area contributed by atoms with Gasteiger partial charge in [0.1, 0.15) is 0 Å². The van der Waals surface area contributed by atoms with Crippen LogP contribution in [0.15, 0.2) is 58.8 Å². The van der Waals surface area contributed by atoms with Crippen molar-refractivity contribution in [3.8, 4) is 0 Å². The van der Waals surface area contributed by atoms with Crippen molar-refractivity contribution in [2.45, 2.75) is 44.7 Å². The van der Waals surface area contributed by atoms with Crippen LogP contribution in [-0.2, 0) is 12.8 Å². The molecule has 0 spiro atoms. The van der Waals surface area contributed by atoms with Crippen molar-refractivity contribution in [1.82, 2.24) is 0 Å². The summed E-state index contributed by atoms with van der Waals surface area (Å²) in [5.41, 5.74) is 32.6. The summed E-state index contributed by atoms with van der Waals surface area (Å²) in [6.07, 6.45) is 4.32. The van der Waals surface area contributed by atoms with E-state index in [9.17, 15) is 0 Å². The van der Waals surface area contributed by atoms with Crippen molar-refractivity contribution < 1.29 is 0 Å². The lowest BCUT2D eigenvalue weighted by atomic mass is 9.80. The fraction of sp³-hybridized carbons (Fsp3) is 0.400. The molecule has 2 aromatic rings. The Balaban J connectivity index is 2.16. The second kappa shape index (κ2) is 10.3. The molecule has 0 bridgehead atoms. The molecule has 0 amide bonds. The third-order valence-corrected chi connectivity index (χ3v) is 4.85. The smallest absolute Gasteiger partial charge is 0.0710 e. The standard InChI is InChI=1S/C20H26N8/c1-2-3-4-17(13-15-5-9-18(10-6-15)25-27-23)20(21,22)14-16-7-11-19(12-8-16)26-28-24/h5-12,17H,2-4,13-14,21-22H2,1H3. The van der Waals surface area contributed by atoms with E-state index < -0.39 is 5.66 Å². The van der Waals surface area contributed by atoms with E-state index in [1.165, 1.54) is 0 Å². The van der Waals surface area contributed by atoms with Crippen LogP contribution in [0.4, 0.5) is 11.4 Å². The first-order valence-corrected chi connectivity index (χ1v) is 9.34. The molecule has 0 aliphatic carbocycles. The molecule has 0 aliphatic heterocycles. The molecule has 28 heavy (non-hydrogen) atoms.